The third-order valence-corrected chi connectivity index (χ3v) is 8.23. The summed E-state index contributed by atoms with van der Waals surface area (Å²) in [6, 6.07) is 11.1. The van der Waals surface area contributed by atoms with E-state index in [0.29, 0.717) is 18.4 Å². The van der Waals surface area contributed by atoms with E-state index in [9.17, 15) is 4.39 Å². The van der Waals surface area contributed by atoms with Gasteiger partial charge in [0.1, 0.15) is 6.07 Å². The van der Waals surface area contributed by atoms with E-state index in [1.807, 2.05) is 0 Å². The first-order chi connectivity index (χ1) is 16.7. The molecule has 0 spiro atoms. The zero-order valence-corrected chi connectivity index (χ0v) is 21.5. The average molecular weight is 468 g/mol. The molecule has 1 aromatic rings. The average Bonchev–Trinajstić information content (AvgIpc) is 2.88. The lowest BCUT2D eigenvalue weighted by Gasteiger charge is -2.32. The summed E-state index contributed by atoms with van der Waals surface area (Å²) in [7, 11) is 0. The molecule has 0 atom stereocenters. The van der Waals surface area contributed by atoms with Gasteiger partial charge in [-0.15, -0.1) is 0 Å². The van der Waals surface area contributed by atoms with Crippen LogP contribution in [-0.4, -0.2) is 12.7 Å². The van der Waals surface area contributed by atoms with Crippen molar-refractivity contribution in [3.05, 3.63) is 47.3 Å². The number of aryl methyl sites for hydroxylation is 1. The van der Waals surface area contributed by atoms with Crippen molar-refractivity contribution in [1.29, 1.82) is 5.26 Å². The van der Waals surface area contributed by atoms with E-state index in [1.54, 1.807) is 6.07 Å². The second kappa shape index (κ2) is 15.4. The van der Waals surface area contributed by atoms with Crippen molar-refractivity contribution in [3.8, 4) is 6.07 Å². The minimum Gasteiger partial charge on any atom is -0.378 e. The monoisotopic (exact) mass is 467 g/mol. The van der Waals surface area contributed by atoms with Gasteiger partial charge in [0.15, 0.2) is 5.83 Å². The lowest BCUT2D eigenvalue weighted by molar-refractivity contribution is -0.00824. The van der Waals surface area contributed by atoms with Gasteiger partial charge in [0.05, 0.1) is 6.10 Å². The zero-order chi connectivity index (χ0) is 24.0. The summed E-state index contributed by atoms with van der Waals surface area (Å²) < 4.78 is 19.2. The zero-order valence-electron chi connectivity index (χ0n) is 21.5. The summed E-state index contributed by atoms with van der Waals surface area (Å²) >= 11 is 0. The molecule has 2 saturated carbocycles. The minimum atomic E-state index is -0.642. The Bertz CT molecular complexity index is 749. The lowest BCUT2D eigenvalue weighted by atomic mass is 9.78. The van der Waals surface area contributed by atoms with Crippen LogP contribution in [0.4, 0.5) is 4.39 Å². The molecule has 2 fully saturated rings. The van der Waals surface area contributed by atoms with Gasteiger partial charge in [0.25, 0.3) is 0 Å². The highest BCUT2D eigenvalue weighted by atomic mass is 19.1. The van der Waals surface area contributed by atoms with Gasteiger partial charge in [0.2, 0.25) is 0 Å². The van der Waals surface area contributed by atoms with Gasteiger partial charge in [-0.1, -0.05) is 56.9 Å². The van der Waals surface area contributed by atoms with Gasteiger partial charge in [-0.3, -0.25) is 0 Å². The minimum absolute atomic E-state index is 0.412. The van der Waals surface area contributed by atoms with Crippen molar-refractivity contribution in [2.45, 2.75) is 122 Å². The Labute approximate surface area is 208 Å². The summed E-state index contributed by atoms with van der Waals surface area (Å²) in [6.45, 7) is 3.20. The van der Waals surface area contributed by atoms with Crippen molar-refractivity contribution in [2.24, 2.45) is 11.8 Å². The Morgan fingerprint density at radius 2 is 1.62 bits per heavy atom. The fourth-order valence-corrected chi connectivity index (χ4v) is 5.90. The highest BCUT2D eigenvalue weighted by Gasteiger charge is 2.25. The van der Waals surface area contributed by atoms with Crippen LogP contribution in [0.25, 0.3) is 0 Å². The predicted octanol–water partition coefficient (Wildman–Crippen LogP) is 9.21. The van der Waals surface area contributed by atoms with E-state index in [1.165, 1.54) is 94.3 Å². The van der Waals surface area contributed by atoms with Gasteiger partial charge in [0, 0.05) is 6.61 Å². The number of rotatable bonds is 13. The summed E-state index contributed by atoms with van der Waals surface area (Å²) in [6.07, 6.45) is 21.3. The van der Waals surface area contributed by atoms with Crippen LogP contribution in [0.15, 0.2) is 36.2 Å². The van der Waals surface area contributed by atoms with Crippen LogP contribution in [0.2, 0.25) is 0 Å². The number of benzene rings is 1. The van der Waals surface area contributed by atoms with Gasteiger partial charge < -0.3 is 4.74 Å². The fourth-order valence-electron chi connectivity index (χ4n) is 5.90. The van der Waals surface area contributed by atoms with Crippen LogP contribution >= 0.6 is 0 Å². The molecule has 0 unspecified atom stereocenters. The fraction of sp³-hybridized carbons (Fsp3) is 0.710. The van der Waals surface area contributed by atoms with Gasteiger partial charge in [-0.05, 0) is 112 Å². The molecule has 0 saturated heterocycles. The van der Waals surface area contributed by atoms with Crippen molar-refractivity contribution >= 4 is 0 Å². The SMILES string of the molecule is CCCCCCCc1ccc([C@H]2CC[C@H](CO[C@H]3CC[C@H](CC/C=C(\F)C#N)CC3)CC2)cc1. The van der Waals surface area contributed by atoms with Gasteiger partial charge >= 0.3 is 0 Å². The topological polar surface area (TPSA) is 33.0 Å². The Kier molecular flexibility index (Phi) is 12.2. The summed E-state index contributed by atoms with van der Waals surface area (Å²) in [4.78, 5) is 0. The van der Waals surface area contributed by atoms with E-state index in [-0.39, 0.29) is 0 Å². The van der Waals surface area contributed by atoms with Gasteiger partial charge in [-0.25, -0.2) is 0 Å². The maximum Gasteiger partial charge on any atom is 0.196 e. The molecule has 0 amide bonds. The Hall–Kier alpha value is -1.66. The number of hydrogen-bond donors (Lipinski definition) is 0. The summed E-state index contributed by atoms with van der Waals surface area (Å²) in [5.74, 6) is 1.46. The molecule has 2 nitrogen and oxygen atoms in total. The summed E-state index contributed by atoms with van der Waals surface area (Å²) in [5, 5.41) is 8.49. The number of unbranched alkanes of at least 4 members (excludes halogenated alkanes) is 4. The van der Waals surface area contributed by atoms with E-state index in [0.717, 1.165) is 37.7 Å². The summed E-state index contributed by atoms with van der Waals surface area (Å²) in [5.41, 5.74) is 3.04. The molecule has 188 valence electrons. The third kappa shape index (κ3) is 9.53. The van der Waals surface area contributed by atoms with Crippen LogP contribution in [0, 0.1) is 23.2 Å². The first kappa shape index (κ1) is 26.9. The Balaban J connectivity index is 1.27. The molecular weight excluding hydrogens is 421 g/mol. The number of hydrogen-bond acceptors (Lipinski definition) is 2. The Morgan fingerprint density at radius 1 is 0.941 bits per heavy atom. The van der Waals surface area contributed by atoms with Crippen molar-refractivity contribution < 1.29 is 9.13 Å². The highest BCUT2D eigenvalue weighted by Crippen LogP contribution is 2.37. The third-order valence-electron chi connectivity index (χ3n) is 8.23. The largest absolute Gasteiger partial charge is 0.378 e. The molecule has 2 aliphatic rings. The molecule has 0 N–H and O–H groups in total. The van der Waals surface area contributed by atoms with E-state index in [2.05, 4.69) is 31.2 Å². The molecule has 1 aromatic carbocycles. The first-order valence-electron chi connectivity index (χ1n) is 14.1. The van der Waals surface area contributed by atoms with Crippen LogP contribution in [0.3, 0.4) is 0 Å². The molecular formula is C31H46FNO. The second-order valence-corrected chi connectivity index (χ2v) is 10.8. The quantitative estimate of drug-likeness (QED) is 0.214. The molecule has 0 aromatic heterocycles. The molecule has 0 aliphatic heterocycles. The smallest absolute Gasteiger partial charge is 0.196 e. The predicted molar refractivity (Wildman–Crippen MR) is 139 cm³/mol. The van der Waals surface area contributed by atoms with Crippen LogP contribution in [0.5, 0.6) is 0 Å². The highest BCUT2D eigenvalue weighted by molar-refractivity contribution is 5.26. The van der Waals surface area contributed by atoms with E-state index >= 15 is 0 Å². The number of halogens is 1. The first-order valence-corrected chi connectivity index (χ1v) is 14.1. The molecule has 0 radical (unpaired) electrons. The molecule has 3 rings (SSSR count). The van der Waals surface area contributed by atoms with Crippen molar-refractivity contribution in [2.75, 3.05) is 6.61 Å². The van der Waals surface area contributed by atoms with Crippen LogP contribution < -0.4 is 0 Å². The number of nitriles is 1. The molecule has 34 heavy (non-hydrogen) atoms. The Morgan fingerprint density at radius 3 is 2.29 bits per heavy atom. The number of allylic oxidation sites excluding steroid dienone is 2. The molecule has 0 bridgehead atoms. The number of nitrogens with zero attached hydrogens (tertiary/aromatic N) is 1. The van der Waals surface area contributed by atoms with E-state index < -0.39 is 5.83 Å². The molecule has 2 aliphatic carbocycles. The van der Waals surface area contributed by atoms with Crippen LogP contribution in [-0.2, 0) is 11.2 Å². The lowest BCUT2D eigenvalue weighted by Crippen LogP contribution is -2.25. The second-order valence-electron chi connectivity index (χ2n) is 10.8. The van der Waals surface area contributed by atoms with Crippen molar-refractivity contribution in [3.63, 3.8) is 0 Å². The van der Waals surface area contributed by atoms with E-state index in [4.69, 9.17) is 10.00 Å². The molecule has 3 heteroatoms. The number of ether oxygens (including phenoxy) is 1. The maximum atomic E-state index is 12.9. The maximum absolute atomic E-state index is 12.9. The standard InChI is InChI=1S/C31H46FNO/c1-2-3-4-5-6-8-25-11-17-28(18-12-25)29-19-13-27(14-20-29)24-34-31-21-15-26(16-22-31)9-7-10-30(32)23-33/h10-12,17-18,26-27,29,31H,2-9,13-16,19-22,24H2,1H3/b30-10-/t26-,27-,29-,31-. The molecule has 0 heterocycles. The van der Waals surface area contributed by atoms with Crippen LogP contribution in [0.1, 0.15) is 120 Å². The van der Waals surface area contributed by atoms with Crippen molar-refractivity contribution in [1.82, 2.24) is 0 Å². The van der Waals surface area contributed by atoms with Gasteiger partial charge in [-0.2, -0.15) is 9.65 Å². The normalized spacial score (nSPS) is 25.7.